The van der Waals surface area contributed by atoms with Crippen molar-refractivity contribution in [3.05, 3.63) is 35.8 Å². The van der Waals surface area contributed by atoms with Crippen molar-refractivity contribution in [2.75, 3.05) is 38.4 Å². The Morgan fingerprint density at radius 1 is 1.26 bits per heavy atom. The lowest BCUT2D eigenvalue weighted by atomic mass is 9.87. The molecule has 0 aliphatic carbocycles. The van der Waals surface area contributed by atoms with E-state index in [-0.39, 0.29) is 35.6 Å². The van der Waals surface area contributed by atoms with Gasteiger partial charge in [0.2, 0.25) is 5.91 Å². The molecule has 0 radical (unpaired) electrons. The number of nitrogens with one attached hydrogen (secondary N) is 1. The van der Waals surface area contributed by atoms with Crippen LogP contribution in [0.3, 0.4) is 0 Å². The number of fused-ring (bicyclic) bond motifs is 3. The van der Waals surface area contributed by atoms with Gasteiger partial charge in [-0.3, -0.25) is 4.79 Å². The largest absolute Gasteiger partial charge is 0.485 e. The smallest absolute Gasteiger partial charge is 0.301 e. The fraction of sp³-hybridized carbons (Fsp3) is 0.458. The monoisotopic (exact) mass is 486 g/mol. The number of hydrogen-bond donors (Lipinski definition) is 1. The molecule has 2 fully saturated rings. The Bertz CT molecular complexity index is 1330. The predicted octanol–water partition coefficient (Wildman–Crippen LogP) is 3.11. The van der Waals surface area contributed by atoms with E-state index in [0.717, 1.165) is 10.9 Å². The Balaban J connectivity index is 1.57. The summed E-state index contributed by atoms with van der Waals surface area (Å²) in [5, 5.41) is 3.44. The number of aromatic nitrogens is 3. The minimum atomic E-state index is -3.27. The third-order valence-electron chi connectivity index (χ3n) is 6.65. The predicted molar refractivity (Wildman–Crippen MR) is 120 cm³/mol. The van der Waals surface area contributed by atoms with Crippen molar-refractivity contribution in [2.24, 2.45) is 7.05 Å². The van der Waals surface area contributed by atoms with E-state index in [4.69, 9.17) is 23.9 Å². The van der Waals surface area contributed by atoms with Crippen molar-refractivity contribution in [3.8, 4) is 17.0 Å². The lowest BCUT2D eigenvalue weighted by Gasteiger charge is -2.39. The number of carbonyl (C=O) groups is 1. The van der Waals surface area contributed by atoms with Crippen molar-refractivity contribution in [3.63, 3.8) is 0 Å². The molecule has 6 heterocycles. The highest BCUT2D eigenvalue weighted by Gasteiger charge is 2.54. The number of halogens is 2. The van der Waals surface area contributed by atoms with Gasteiger partial charge in [-0.05, 0) is 6.07 Å². The van der Waals surface area contributed by atoms with Crippen LogP contribution < -0.4 is 10.1 Å². The number of rotatable bonds is 4. The van der Waals surface area contributed by atoms with Gasteiger partial charge in [-0.15, -0.1) is 0 Å². The molecule has 1 spiro atoms. The molecule has 3 aliphatic rings. The lowest BCUT2D eigenvalue weighted by Crippen LogP contribution is -2.45. The second kappa shape index (κ2) is 7.94. The maximum atomic E-state index is 15.3. The van der Waals surface area contributed by atoms with E-state index in [1.165, 1.54) is 6.92 Å². The normalized spacial score (nSPS) is 23.3. The zero-order valence-corrected chi connectivity index (χ0v) is 19.3. The summed E-state index contributed by atoms with van der Waals surface area (Å²) in [5.41, 5.74) is 0.783. The Labute approximate surface area is 199 Å². The number of amides is 1. The zero-order valence-electron chi connectivity index (χ0n) is 19.3. The summed E-state index contributed by atoms with van der Waals surface area (Å²) >= 11 is 0. The molecule has 0 saturated carbocycles. The van der Waals surface area contributed by atoms with Crippen LogP contribution in [0.15, 0.2) is 24.5 Å². The topological polar surface area (TPSA) is 96.7 Å². The van der Waals surface area contributed by atoms with Crippen LogP contribution in [-0.4, -0.2) is 59.6 Å². The van der Waals surface area contributed by atoms with Crippen LogP contribution in [0.25, 0.3) is 22.2 Å². The van der Waals surface area contributed by atoms with Crippen molar-refractivity contribution in [1.29, 1.82) is 0 Å². The molecule has 3 aromatic rings. The summed E-state index contributed by atoms with van der Waals surface area (Å²) in [5.74, 6) is -3.06. The number of pyridine rings is 2. The molecule has 11 heteroatoms. The highest BCUT2D eigenvalue weighted by molar-refractivity contribution is 5.98. The lowest BCUT2D eigenvalue weighted by molar-refractivity contribution is -0.172. The van der Waals surface area contributed by atoms with E-state index in [1.807, 2.05) is 17.8 Å². The van der Waals surface area contributed by atoms with Gasteiger partial charge in [-0.1, -0.05) is 0 Å². The number of carbonyl (C=O) groups excluding carboxylic acids is 1. The first-order valence-electron chi connectivity index (χ1n) is 11.4. The Hall–Kier alpha value is -3.15. The van der Waals surface area contributed by atoms with E-state index in [0.29, 0.717) is 43.3 Å². The zero-order chi connectivity index (χ0) is 24.4. The number of ether oxygens (including phenoxy) is 4. The maximum absolute atomic E-state index is 15.3. The second-order valence-electron chi connectivity index (χ2n) is 9.22. The second-order valence-corrected chi connectivity index (χ2v) is 9.22. The molecule has 0 aromatic carbocycles. The SMILES string of the molecule is CC(=O)Nc1cc2c(-c3cc(OC4COC4)c4c(n3)C3(CCOC3)OCC4(F)F)cn(C)c2cn1. The van der Waals surface area contributed by atoms with Crippen LogP contribution in [0.4, 0.5) is 14.6 Å². The standard InChI is InChI=1S/C24H24F2N4O5/c1-13(31)28-20-5-15-16(8-30(2)18(15)7-27-20)17-6-19(35-14-9-33-10-14)21-22(29-17)23(3-4-32-11-23)34-12-24(21,25)26/h5-8,14H,3-4,9-12H2,1-2H3,(H,27,28,31). The van der Waals surface area contributed by atoms with Crippen molar-refractivity contribution in [1.82, 2.24) is 14.5 Å². The number of aryl methyl sites for hydroxylation is 1. The van der Waals surface area contributed by atoms with Gasteiger partial charge in [0.25, 0.3) is 0 Å². The van der Waals surface area contributed by atoms with Crippen LogP contribution in [0.2, 0.25) is 0 Å². The van der Waals surface area contributed by atoms with Crippen LogP contribution in [-0.2, 0) is 37.6 Å². The molecule has 184 valence electrons. The quantitative estimate of drug-likeness (QED) is 0.605. The van der Waals surface area contributed by atoms with E-state index in [2.05, 4.69) is 10.3 Å². The van der Waals surface area contributed by atoms with E-state index in [9.17, 15) is 4.79 Å². The molecule has 1 atom stereocenters. The van der Waals surface area contributed by atoms with Gasteiger partial charge in [0.15, 0.2) is 0 Å². The van der Waals surface area contributed by atoms with Gasteiger partial charge < -0.3 is 28.8 Å². The summed E-state index contributed by atoms with van der Waals surface area (Å²) in [6.07, 6.45) is 3.61. The third-order valence-corrected chi connectivity index (χ3v) is 6.65. The van der Waals surface area contributed by atoms with Gasteiger partial charge in [-0.25, -0.2) is 9.97 Å². The molecular formula is C24H24F2N4O5. The molecule has 3 aliphatic heterocycles. The third kappa shape index (κ3) is 3.65. The average Bonchev–Trinajstić information content (AvgIpc) is 3.38. The summed E-state index contributed by atoms with van der Waals surface area (Å²) in [6.45, 7) is 1.85. The van der Waals surface area contributed by atoms with Crippen molar-refractivity contribution in [2.45, 2.75) is 31.0 Å². The van der Waals surface area contributed by atoms with Crippen LogP contribution in [0, 0.1) is 0 Å². The molecule has 6 rings (SSSR count). The average molecular weight is 486 g/mol. The first-order chi connectivity index (χ1) is 16.8. The van der Waals surface area contributed by atoms with E-state index < -0.39 is 18.1 Å². The highest BCUT2D eigenvalue weighted by atomic mass is 19.3. The van der Waals surface area contributed by atoms with Crippen LogP contribution in [0.1, 0.15) is 24.6 Å². The first kappa shape index (κ1) is 22.3. The van der Waals surface area contributed by atoms with Crippen LogP contribution >= 0.6 is 0 Å². The van der Waals surface area contributed by atoms with Gasteiger partial charge in [0, 0.05) is 50.2 Å². The molecule has 9 nitrogen and oxygen atoms in total. The summed E-state index contributed by atoms with van der Waals surface area (Å²) in [7, 11) is 1.86. The molecular weight excluding hydrogens is 462 g/mol. The van der Waals surface area contributed by atoms with E-state index in [1.54, 1.807) is 18.3 Å². The van der Waals surface area contributed by atoms with Crippen LogP contribution in [0.5, 0.6) is 5.75 Å². The maximum Gasteiger partial charge on any atom is 0.301 e. The number of anilines is 1. The van der Waals surface area contributed by atoms with Gasteiger partial charge in [0.05, 0.1) is 48.5 Å². The molecule has 1 unspecified atom stereocenters. The number of nitrogens with zero attached hydrogens (tertiary/aromatic N) is 3. The fourth-order valence-electron chi connectivity index (χ4n) is 4.84. The molecule has 2 saturated heterocycles. The summed E-state index contributed by atoms with van der Waals surface area (Å²) in [6, 6.07) is 3.31. The minimum Gasteiger partial charge on any atom is -0.485 e. The first-order valence-corrected chi connectivity index (χ1v) is 11.4. The van der Waals surface area contributed by atoms with Gasteiger partial charge in [0.1, 0.15) is 29.9 Å². The number of hydrogen-bond acceptors (Lipinski definition) is 7. The Morgan fingerprint density at radius 2 is 2.09 bits per heavy atom. The van der Waals surface area contributed by atoms with Gasteiger partial charge >= 0.3 is 5.92 Å². The van der Waals surface area contributed by atoms with Crippen molar-refractivity contribution >= 4 is 22.6 Å². The molecule has 1 amide bonds. The fourth-order valence-corrected chi connectivity index (χ4v) is 4.84. The Morgan fingerprint density at radius 3 is 2.77 bits per heavy atom. The molecule has 0 bridgehead atoms. The molecule has 35 heavy (non-hydrogen) atoms. The number of alkyl halides is 2. The Kier molecular flexibility index (Phi) is 5.06. The summed E-state index contributed by atoms with van der Waals surface area (Å²) in [4.78, 5) is 20.6. The molecule has 1 N–H and O–H groups in total. The van der Waals surface area contributed by atoms with Gasteiger partial charge in [-0.2, -0.15) is 8.78 Å². The molecule has 3 aromatic heterocycles. The summed E-state index contributed by atoms with van der Waals surface area (Å²) < 4.78 is 54.9. The van der Waals surface area contributed by atoms with E-state index >= 15 is 8.78 Å². The minimum absolute atomic E-state index is 0.0750. The highest BCUT2D eigenvalue weighted by Crippen LogP contribution is 2.51. The van der Waals surface area contributed by atoms with Crippen molar-refractivity contribution < 1.29 is 32.5 Å².